The summed E-state index contributed by atoms with van der Waals surface area (Å²) < 4.78 is 19.1. The standard InChI is InChI=1S/C16H19BrNO2P/c1-12(2)13-7-9-16(10-8-13)20-21(3,19)18-15-6-4-5-14(17)11-15/h4-12H,1-3H3,(H,18,19)/t21-/m0/s1. The second kappa shape index (κ2) is 6.67. The highest BCUT2D eigenvalue weighted by Crippen LogP contribution is 2.43. The second-order valence-corrected chi connectivity index (χ2v) is 8.30. The predicted octanol–water partition coefficient (Wildman–Crippen LogP) is 5.89. The van der Waals surface area contributed by atoms with Crippen LogP contribution in [-0.2, 0) is 4.57 Å². The topological polar surface area (TPSA) is 38.3 Å². The highest BCUT2D eigenvalue weighted by molar-refractivity contribution is 9.10. The highest BCUT2D eigenvalue weighted by Gasteiger charge is 2.17. The Labute approximate surface area is 134 Å². The Balaban J connectivity index is 2.08. The molecule has 1 atom stereocenters. The average molecular weight is 368 g/mol. The third-order valence-electron chi connectivity index (χ3n) is 2.98. The Morgan fingerprint density at radius 3 is 2.38 bits per heavy atom. The van der Waals surface area contributed by atoms with Crippen molar-refractivity contribution in [1.82, 2.24) is 0 Å². The maximum absolute atomic E-state index is 12.5. The summed E-state index contributed by atoms with van der Waals surface area (Å²) in [5, 5.41) is 2.95. The monoisotopic (exact) mass is 367 g/mol. The fourth-order valence-corrected chi connectivity index (χ4v) is 3.51. The fourth-order valence-electron chi connectivity index (χ4n) is 1.93. The molecule has 112 valence electrons. The van der Waals surface area contributed by atoms with Gasteiger partial charge in [0.2, 0.25) is 0 Å². The minimum atomic E-state index is -2.97. The fraction of sp³-hybridized carbons (Fsp3) is 0.250. The van der Waals surface area contributed by atoms with Crippen molar-refractivity contribution in [3.05, 3.63) is 58.6 Å². The third kappa shape index (κ3) is 4.90. The van der Waals surface area contributed by atoms with Gasteiger partial charge in [0.05, 0.1) is 0 Å². The first kappa shape index (κ1) is 16.1. The van der Waals surface area contributed by atoms with E-state index in [2.05, 4.69) is 34.9 Å². The van der Waals surface area contributed by atoms with Crippen LogP contribution < -0.4 is 9.61 Å². The Kier molecular flexibility index (Phi) is 5.13. The molecular formula is C16H19BrNO2P. The first-order valence-corrected chi connectivity index (χ1v) is 9.63. The number of halogens is 1. The molecule has 0 saturated carbocycles. The SMILES string of the molecule is CC(C)c1ccc(O[P@](C)(=O)Nc2cccc(Br)c2)cc1. The molecule has 0 amide bonds. The summed E-state index contributed by atoms with van der Waals surface area (Å²) in [6, 6.07) is 15.2. The minimum Gasteiger partial charge on any atom is -0.429 e. The van der Waals surface area contributed by atoms with Crippen molar-refractivity contribution in [3.63, 3.8) is 0 Å². The van der Waals surface area contributed by atoms with E-state index in [9.17, 15) is 4.57 Å². The van der Waals surface area contributed by atoms with Gasteiger partial charge in [-0.05, 0) is 41.8 Å². The van der Waals surface area contributed by atoms with Crippen molar-refractivity contribution in [2.24, 2.45) is 0 Å². The molecule has 0 radical (unpaired) electrons. The van der Waals surface area contributed by atoms with Crippen LogP contribution in [0.25, 0.3) is 0 Å². The van der Waals surface area contributed by atoms with Crippen molar-refractivity contribution in [3.8, 4) is 5.75 Å². The van der Waals surface area contributed by atoms with E-state index in [4.69, 9.17) is 4.52 Å². The quantitative estimate of drug-likeness (QED) is 0.669. The first-order valence-electron chi connectivity index (χ1n) is 6.77. The maximum Gasteiger partial charge on any atom is 0.338 e. The van der Waals surface area contributed by atoms with Crippen LogP contribution in [0.4, 0.5) is 5.69 Å². The van der Waals surface area contributed by atoms with E-state index in [1.54, 1.807) is 6.66 Å². The van der Waals surface area contributed by atoms with Gasteiger partial charge in [-0.15, -0.1) is 0 Å². The smallest absolute Gasteiger partial charge is 0.338 e. The summed E-state index contributed by atoms with van der Waals surface area (Å²) in [5.41, 5.74) is 1.99. The van der Waals surface area contributed by atoms with Crippen LogP contribution in [0.5, 0.6) is 5.75 Å². The lowest BCUT2D eigenvalue weighted by Gasteiger charge is -2.18. The van der Waals surface area contributed by atoms with Crippen LogP contribution >= 0.6 is 23.4 Å². The highest BCUT2D eigenvalue weighted by atomic mass is 79.9. The summed E-state index contributed by atoms with van der Waals surface area (Å²) >= 11 is 3.39. The van der Waals surface area contributed by atoms with Crippen LogP contribution in [-0.4, -0.2) is 6.66 Å². The van der Waals surface area contributed by atoms with Crippen molar-refractivity contribution in [2.75, 3.05) is 11.8 Å². The Morgan fingerprint density at radius 1 is 1.14 bits per heavy atom. The van der Waals surface area contributed by atoms with Gasteiger partial charge in [0.25, 0.3) is 0 Å². The zero-order chi connectivity index (χ0) is 15.5. The van der Waals surface area contributed by atoms with E-state index >= 15 is 0 Å². The van der Waals surface area contributed by atoms with Crippen molar-refractivity contribution in [2.45, 2.75) is 19.8 Å². The molecule has 5 heteroatoms. The Morgan fingerprint density at radius 2 is 1.81 bits per heavy atom. The van der Waals surface area contributed by atoms with E-state index < -0.39 is 7.52 Å². The zero-order valence-electron chi connectivity index (χ0n) is 12.3. The lowest BCUT2D eigenvalue weighted by atomic mass is 10.0. The molecule has 0 saturated heterocycles. The molecule has 1 N–H and O–H groups in total. The van der Waals surface area contributed by atoms with Gasteiger partial charge >= 0.3 is 7.52 Å². The van der Waals surface area contributed by atoms with Gasteiger partial charge < -0.3 is 9.61 Å². The molecule has 2 rings (SSSR count). The van der Waals surface area contributed by atoms with Crippen molar-refractivity contribution < 1.29 is 9.09 Å². The molecule has 0 spiro atoms. The zero-order valence-corrected chi connectivity index (χ0v) is 14.8. The maximum atomic E-state index is 12.5. The number of hydrogen-bond acceptors (Lipinski definition) is 2. The van der Waals surface area contributed by atoms with E-state index in [1.165, 1.54) is 5.56 Å². The molecule has 0 aromatic heterocycles. The molecule has 0 aliphatic heterocycles. The largest absolute Gasteiger partial charge is 0.429 e. The normalized spacial score (nSPS) is 13.8. The lowest BCUT2D eigenvalue weighted by molar-refractivity contribution is 0.493. The van der Waals surface area contributed by atoms with Gasteiger partial charge in [-0.2, -0.15) is 0 Å². The number of hydrogen-bond donors (Lipinski definition) is 1. The average Bonchev–Trinajstić information content (AvgIpc) is 2.38. The van der Waals surface area contributed by atoms with Gasteiger partial charge in [0, 0.05) is 16.8 Å². The number of anilines is 1. The molecule has 0 bridgehead atoms. The van der Waals surface area contributed by atoms with Gasteiger partial charge in [-0.3, -0.25) is 4.57 Å². The molecule has 0 aliphatic rings. The molecule has 3 nitrogen and oxygen atoms in total. The predicted molar refractivity (Wildman–Crippen MR) is 92.5 cm³/mol. The minimum absolute atomic E-state index is 0.465. The third-order valence-corrected chi connectivity index (χ3v) is 4.70. The summed E-state index contributed by atoms with van der Waals surface area (Å²) in [5.74, 6) is 1.07. The molecule has 2 aromatic carbocycles. The van der Waals surface area contributed by atoms with Gasteiger partial charge in [-0.1, -0.05) is 48.0 Å². The Bertz CT molecular complexity index is 656. The second-order valence-electron chi connectivity index (χ2n) is 5.28. The van der Waals surface area contributed by atoms with E-state index in [1.807, 2.05) is 48.5 Å². The molecule has 21 heavy (non-hydrogen) atoms. The summed E-state index contributed by atoms with van der Waals surface area (Å²) in [7, 11) is -2.97. The molecule has 0 fully saturated rings. The van der Waals surface area contributed by atoms with Gasteiger partial charge in [0.1, 0.15) is 5.75 Å². The van der Waals surface area contributed by atoms with Crippen LogP contribution in [0.15, 0.2) is 53.0 Å². The molecular weight excluding hydrogens is 349 g/mol. The van der Waals surface area contributed by atoms with E-state index in [0.717, 1.165) is 10.2 Å². The summed E-state index contributed by atoms with van der Waals surface area (Å²) in [6.07, 6.45) is 0. The Hall–Kier alpha value is -1.25. The van der Waals surface area contributed by atoms with E-state index in [0.29, 0.717) is 11.7 Å². The number of rotatable bonds is 5. The van der Waals surface area contributed by atoms with Crippen LogP contribution in [0.2, 0.25) is 0 Å². The van der Waals surface area contributed by atoms with Gasteiger partial charge in [0.15, 0.2) is 0 Å². The van der Waals surface area contributed by atoms with E-state index in [-0.39, 0.29) is 0 Å². The van der Waals surface area contributed by atoms with Crippen LogP contribution in [0.1, 0.15) is 25.3 Å². The summed E-state index contributed by atoms with van der Waals surface area (Å²) in [4.78, 5) is 0. The molecule has 2 aromatic rings. The lowest BCUT2D eigenvalue weighted by Crippen LogP contribution is -2.02. The molecule has 0 heterocycles. The van der Waals surface area contributed by atoms with Crippen molar-refractivity contribution in [1.29, 1.82) is 0 Å². The summed E-state index contributed by atoms with van der Waals surface area (Å²) in [6.45, 7) is 5.84. The van der Waals surface area contributed by atoms with Crippen LogP contribution in [0.3, 0.4) is 0 Å². The number of benzene rings is 2. The van der Waals surface area contributed by atoms with Crippen molar-refractivity contribution >= 4 is 29.1 Å². The van der Waals surface area contributed by atoms with Crippen LogP contribution in [0, 0.1) is 0 Å². The molecule has 0 aliphatic carbocycles. The first-order chi connectivity index (χ1) is 9.85. The number of nitrogens with one attached hydrogen (secondary N) is 1. The molecule has 0 unspecified atom stereocenters. The van der Waals surface area contributed by atoms with Gasteiger partial charge in [-0.25, -0.2) is 0 Å².